The van der Waals surface area contributed by atoms with E-state index >= 15 is 0 Å². The van der Waals surface area contributed by atoms with Gasteiger partial charge in [0.05, 0.1) is 0 Å². The van der Waals surface area contributed by atoms with E-state index in [1.165, 1.54) is 12.1 Å². The molecular formula is C22H30FN5O. The molecular weight excluding hydrogens is 369 g/mol. The van der Waals surface area contributed by atoms with Crippen LogP contribution in [0.4, 0.5) is 10.1 Å². The number of halogens is 1. The predicted octanol–water partition coefficient (Wildman–Crippen LogP) is 2.72. The number of carbonyl (C=O) groups excluding carboxylic acids is 1. The molecule has 2 aromatic rings. The number of aliphatic imine (C=N–C) groups is 1. The lowest BCUT2D eigenvalue weighted by Gasteiger charge is -2.20. The zero-order valence-electron chi connectivity index (χ0n) is 17.6. The molecule has 0 saturated heterocycles. The molecule has 2 rings (SSSR count). The van der Waals surface area contributed by atoms with Crippen molar-refractivity contribution < 1.29 is 9.18 Å². The van der Waals surface area contributed by atoms with Gasteiger partial charge in [0.25, 0.3) is 5.91 Å². The molecule has 0 spiro atoms. The van der Waals surface area contributed by atoms with Crippen LogP contribution in [-0.2, 0) is 6.54 Å². The summed E-state index contributed by atoms with van der Waals surface area (Å²) in [6.07, 6.45) is 0.884. The van der Waals surface area contributed by atoms with Crippen LogP contribution in [0.2, 0.25) is 0 Å². The van der Waals surface area contributed by atoms with Crippen LogP contribution in [0, 0.1) is 5.82 Å². The minimum atomic E-state index is -0.226. The first-order valence-corrected chi connectivity index (χ1v) is 9.62. The van der Waals surface area contributed by atoms with E-state index < -0.39 is 0 Å². The molecule has 2 N–H and O–H groups in total. The number of benzene rings is 2. The second-order valence-corrected chi connectivity index (χ2v) is 7.00. The highest BCUT2D eigenvalue weighted by Crippen LogP contribution is 2.13. The zero-order valence-corrected chi connectivity index (χ0v) is 17.6. The maximum atomic E-state index is 13.3. The summed E-state index contributed by atoms with van der Waals surface area (Å²) in [5, 5.41) is 6.54. The van der Waals surface area contributed by atoms with Gasteiger partial charge in [-0.15, -0.1) is 0 Å². The summed E-state index contributed by atoms with van der Waals surface area (Å²) < 4.78 is 13.3. The number of hydrogen-bond donors (Lipinski definition) is 2. The molecule has 0 heterocycles. The minimum absolute atomic E-state index is 0.00908. The van der Waals surface area contributed by atoms with Crippen molar-refractivity contribution in [3.8, 4) is 0 Å². The maximum Gasteiger partial charge on any atom is 0.253 e. The van der Waals surface area contributed by atoms with E-state index in [9.17, 15) is 9.18 Å². The van der Waals surface area contributed by atoms with E-state index in [0.29, 0.717) is 18.1 Å². The van der Waals surface area contributed by atoms with Gasteiger partial charge in [0.1, 0.15) is 5.82 Å². The van der Waals surface area contributed by atoms with Crippen molar-refractivity contribution in [3.63, 3.8) is 0 Å². The number of anilines is 1. The Labute approximate surface area is 172 Å². The minimum Gasteiger partial charge on any atom is -0.374 e. The number of amides is 1. The molecule has 0 unspecified atom stereocenters. The summed E-state index contributed by atoms with van der Waals surface area (Å²) in [5.74, 6) is 0.480. The van der Waals surface area contributed by atoms with Crippen LogP contribution in [0.15, 0.2) is 53.5 Å². The first kappa shape index (κ1) is 22.2. The topological polar surface area (TPSA) is 60.0 Å². The Bertz CT molecular complexity index is 820. The SMILES string of the molecule is CN=C(NCCCN(C)c1cccc(F)c1)NCc1ccc(C(=O)N(C)C)cc1. The van der Waals surface area contributed by atoms with Gasteiger partial charge in [-0.3, -0.25) is 9.79 Å². The Morgan fingerprint density at radius 3 is 2.41 bits per heavy atom. The molecule has 29 heavy (non-hydrogen) atoms. The summed E-state index contributed by atoms with van der Waals surface area (Å²) in [7, 11) is 7.16. The van der Waals surface area contributed by atoms with Gasteiger partial charge in [0.15, 0.2) is 5.96 Å². The molecule has 1 amide bonds. The number of nitrogens with zero attached hydrogens (tertiary/aromatic N) is 3. The molecule has 0 saturated carbocycles. The summed E-state index contributed by atoms with van der Waals surface area (Å²) in [6, 6.07) is 14.1. The monoisotopic (exact) mass is 399 g/mol. The van der Waals surface area contributed by atoms with Crippen LogP contribution in [-0.4, -0.2) is 58.0 Å². The summed E-state index contributed by atoms with van der Waals surface area (Å²) in [6.45, 7) is 2.16. The second-order valence-electron chi connectivity index (χ2n) is 7.00. The highest BCUT2D eigenvalue weighted by Gasteiger charge is 2.07. The van der Waals surface area contributed by atoms with Gasteiger partial charge in [-0.25, -0.2) is 4.39 Å². The van der Waals surface area contributed by atoms with Gasteiger partial charge in [-0.2, -0.15) is 0 Å². The van der Waals surface area contributed by atoms with E-state index in [-0.39, 0.29) is 11.7 Å². The average molecular weight is 400 g/mol. The maximum absolute atomic E-state index is 13.3. The van der Waals surface area contributed by atoms with Crippen molar-refractivity contribution >= 4 is 17.6 Å². The Morgan fingerprint density at radius 2 is 1.79 bits per heavy atom. The van der Waals surface area contributed by atoms with Crippen molar-refractivity contribution in [2.24, 2.45) is 4.99 Å². The lowest BCUT2D eigenvalue weighted by Crippen LogP contribution is -2.38. The Morgan fingerprint density at radius 1 is 1.07 bits per heavy atom. The van der Waals surface area contributed by atoms with Crippen LogP contribution in [0.1, 0.15) is 22.3 Å². The number of hydrogen-bond acceptors (Lipinski definition) is 3. The van der Waals surface area contributed by atoms with Crippen molar-refractivity contribution in [2.75, 3.05) is 46.2 Å². The van der Waals surface area contributed by atoms with Crippen LogP contribution in [0.3, 0.4) is 0 Å². The van der Waals surface area contributed by atoms with Gasteiger partial charge in [0, 0.05) is 59.1 Å². The van der Waals surface area contributed by atoms with Crippen molar-refractivity contribution in [2.45, 2.75) is 13.0 Å². The number of guanidine groups is 1. The molecule has 2 aromatic carbocycles. The number of nitrogens with one attached hydrogen (secondary N) is 2. The Balaban J connectivity index is 1.73. The Kier molecular flexibility index (Phi) is 8.45. The third-order valence-electron chi connectivity index (χ3n) is 4.50. The van der Waals surface area contributed by atoms with Gasteiger partial charge >= 0.3 is 0 Å². The largest absolute Gasteiger partial charge is 0.374 e. The van der Waals surface area contributed by atoms with Crippen molar-refractivity contribution in [3.05, 3.63) is 65.5 Å². The first-order valence-electron chi connectivity index (χ1n) is 9.62. The van der Waals surface area contributed by atoms with E-state index in [2.05, 4.69) is 15.6 Å². The molecule has 156 valence electrons. The van der Waals surface area contributed by atoms with Crippen molar-refractivity contribution in [1.82, 2.24) is 15.5 Å². The van der Waals surface area contributed by atoms with Crippen LogP contribution < -0.4 is 15.5 Å². The quantitative estimate of drug-likeness (QED) is 0.407. The predicted molar refractivity (Wildman–Crippen MR) is 117 cm³/mol. The first-order chi connectivity index (χ1) is 13.9. The molecule has 0 radical (unpaired) electrons. The van der Waals surface area contributed by atoms with Crippen LogP contribution in [0.25, 0.3) is 0 Å². The highest BCUT2D eigenvalue weighted by molar-refractivity contribution is 5.93. The molecule has 7 heteroatoms. The van der Waals surface area contributed by atoms with Crippen LogP contribution >= 0.6 is 0 Å². The summed E-state index contributed by atoms with van der Waals surface area (Å²) >= 11 is 0. The zero-order chi connectivity index (χ0) is 21.2. The fourth-order valence-electron chi connectivity index (χ4n) is 2.80. The number of carbonyl (C=O) groups is 1. The fraction of sp³-hybridized carbons (Fsp3) is 0.364. The summed E-state index contributed by atoms with van der Waals surface area (Å²) in [5.41, 5.74) is 2.60. The fourth-order valence-corrected chi connectivity index (χ4v) is 2.80. The van der Waals surface area contributed by atoms with Gasteiger partial charge in [0.2, 0.25) is 0 Å². The lowest BCUT2D eigenvalue weighted by atomic mass is 10.1. The molecule has 0 atom stereocenters. The van der Waals surface area contributed by atoms with Crippen molar-refractivity contribution in [1.29, 1.82) is 0 Å². The summed E-state index contributed by atoms with van der Waals surface area (Å²) in [4.78, 5) is 19.7. The van der Waals surface area contributed by atoms with E-state index in [0.717, 1.165) is 30.8 Å². The molecule has 0 aliphatic carbocycles. The van der Waals surface area contributed by atoms with E-state index in [1.54, 1.807) is 32.1 Å². The average Bonchev–Trinajstić information content (AvgIpc) is 2.72. The van der Waals surface area contributed by atoms with Gasteiger partial charge in [-0.1, -0.05) is 18.2 Å². The van der Waals surface area contributed by atoms with Gasteiger partial charge < -0.3 is 20.4 Å². The third-order valence-corrected chi connectivity index (χ3v) is 4.50. The van der Waals surface area contributed by atoms with Crippen LogP contribution in [0.5, 0.6) is 0 Å². The molecule has 0 bridgehead atoms. The standard InChI is InChI=1S/C22H30FN5O/c1-24-22(25-13-6-14-28(4)20-8-5-7-19(23)15-20)26-16-17-9-11-18(12-10-17)21(29)27(2)3/h5,7-12,15H,6,13-14,16H2,1-4H3,(H2,24,25,26). The third kappa shape index (κ3) is 7.10. The molecule has 0 aliphatic rings. The normalized spacial score (nSPS) is 11.1. The Hall–Kier alpha value is -3.09. The lowest BCUT2D eigenvalue weighted by molar-refractivity contribution is 0.0827. The molecule has 0 aromatic heterocycles. The van der Waals surface area contributed by atoms with E-state index in [1.807, 2.05) is 42.3 Å². The van der Waals surface area contributed by atoms with Gasteiger partial charge in [-0.05, 0) is 42.3 Å². The second kappa shape index (κ2) is 11.0. The molecule has 6 nitrogen and oxygen atoms in total. The molecule has 0 aliphatic heterocycles. The molecule has 0 fully saturated rings. The number of rotatable bonds is 8. The smallest absolute Gasteiger partial charge is 0.253 e. The highest BCUT2D eigenvalue weighted by atomic mass is 19.1. The van der Waals surface area contributed by atoms with E-state index in [4.69, 9.17) is 0 Å².